The number of rotatable bonds is 11. The van der Waals surface area contributed by atoms with Crippen LogP contribution in [-0.4, -0.2) is 84.8 Å². The summed E-state index contributed by atoms with van der Waals surface area (Å²) in [5, 5.41) is 4.58. The number of benzene rings is 2. The van der Waals surface area contributed by atoms with Gasteiger partial charge in [0.15, 0.2) is 11.9 Å². The third kappa shape index (κ3) is 6.95. The summed E-state index contributed by atoms with van der Waals surface area (Å²) in [6.07, 6.45) is 15.1. The molecule has 0 radical (unpaired) electrons. The molecule has 3 aromatic rings. The Morgan fingerprint density at radius 2 is 1.72 bits per heavy atom. The molecule has 1 aromatic heterocycles. The monoisotopic (exact) mass is 623 g/mol. The van der Waals surface area contributed by atoms with Gasteiger partial charge in [0.25, 0.3) is 0 Å². The molecule has 1 saturated carbocycles. The Bertz CT molecular complexity index is 1490. The van der Waals surface area contributed by atoms with E-state index in [4.69, 9.17) is 30.6 Å². The quantitative estimate of drug-likeness (QED) is 0.275. The first-order valence-corrected chi connectivity index (χ1v) is 17.5. The van der Waals surface area contributed by atoms with Gasteiger partial charge in [-0.15, -0.1) is 6.42 Å². The summed E-state index contributed by atoms with van der Waals surface area (Å²) in [4.78, 5) is 15.7. The molecule has 1 aliphatic carbocycles. The van der Waals surface area contributed by atoms with Crippen molar-refractivity contribution in [2.75, 3.05) is 50.8 Å². The van der Waals surface area contributed by atoms with E-state index in [1.54, 1.807) is 0 Å². The van der Waals surface area contributed by atoms with E-state index in [1.165, 1.54) is 0 Å². The van der Waals surface area contributed by atoms with Gasteiger partial charge in [-0.25, -0.2) is 9.97 Å². The summed E-state index contributed by atoms with van der Waals surface area (Å²) in [6.45, 7) is 8.11. The average molecular weight is 624 g/mol. The highest BCUT2D eigenvalue weighted by Gasteiger charge is 2.45. The second-order valence-corrected chi connectivity index (χ2v) is 13.9. The maximum atomic E-state index is 7.09. The van der Waals surface area contributed by atoms with Crippen LogP contribution in [0.2, 0.25) is 0 Å². The summed E-state index contributed by atoms with van der Waals surface area (Å²) in [5.74, 6) is 3.52. The molecule has 4 fully saturated rings. The fourth-order valence-corrected chi connectivity index (χ4v) is 7.45. The number of piperidine rings is 2. The molecule has 0 spiro atoms. The SMILES string of the molecule is C#CCNC1(C)CCN(C2CCN(c3nc([C@](COC4CCCCO4)(OC4CC4)c4ccccc4)c4ccccc4n3)CC2)CC1. The first kappa shape index (κ1) is 31.5. The highest BCUT2D eigenvalue weighted by Crippen LogP contribution is 2.43. The van der Waals surface area contributed by atoms with E-state index >= 15 is 0 Å². The smallest absolute Gasteiger partial charge is 0.226 e. The second kappa shape index (κ2) is 14.0. The summed E-state index contributed by atoms with van der Waals surface area (Å²) < 4.78 is 19.7. The molecule has 4 heterocycles. The van der Waals surface area contributed by atoms with E-state index in [9.17, 15) is 0 Å². The van der Waals surface area contributed by atoms with Crippen LogP contribution in [0, 0.1) is 12.3 Å². The normalized spacial score (nSPS) is 24.0. The summed E-state index contributed by atoms with van der Waals surface area (Å²) in [5.41, 5.74) is 2.14. The molecule has 2 atom stereocenters. The van der Waals surface area contributed by atoms with Crippen LogP contribution in [0.4, 0.5) is 5.95 Å². The number of hydrogen-bond acceptors (Lipinski definition) is 8. The highest BCUT2D eigenvalue weighted by molar-refractivity contribution is 5.83. The van der Waals surface area contributed by atoms with Crippen molar-refractivity contribution in [3.8, 4) is 12.3 Å². The summed E-state index contributed by atoms with van der Waals surface area (Å²) in [6, 6.07) is 19.5. The molecule has 3 aliphatic heterocycles. The van der Waals surface area contributed by atoms with Crippen LogP contribution >= 0.6 is 0 Å². The van der Waals surface area contributed by atoms with E-state index in [2.05, 4.69) is 82.6 Å². The maximum absolute atomic E-state index is 7.09. The lowest BCUT2D eigenvalue weighted by atomic mass is 9.87. The Labute approximate surface area is 274 Å². The molecular weight excluding hydrogens is 574 g/mol. The zero-order valence-corrected chi connectivity index (χ0v) is 27.3. The van der Waals surface area contributed by atoms with Crippen molar-refractivity contribution in [1.29, 1.82) is 0 Å². The third-order valence-corrected chi connectivity index (χ3v) is 10.5. The number of terminal acetylenes is 1. The van der Waals surface area contributed by atoms with Crippen molar-refractivity contribution in [2.45, 2.75) is 94.3 Å². The van der Waals surface area contributed by atoms with Gasteiger partial charge in [-0.05, 0) is 76.3 Å². The largest absolute Gasteiger partial charge is 0.358 e. The van der Waals surface area contributed by atoms with Gasteiger partial charge < -0.3 is 29.3 Å². The molecule has 8 heteroatoms. The van der Waals surface area contributed by atoms with E-state index in [0.717, 1.165) is 119 Å². The Morgan fingerprint density at radius 1 is 0.957 bits per heavy atom. The van der Waals surface area contributed by atoms with Crippen molar-refractivity contribution in [3.63, 3.8) is 0 Å². The lowest BCUT2D eigenvalue weighted by Gasteiger charge is -2.45. The fourth-order valence-electron chi connectivity index (χ4n) is 7.45. The first-order chi connectivity index (χ1) is 22.6. The van der Waals surface area contributed by atoms with Gasteiger partial charge in [-0.1, -0.05) is 54.5 Å². The molecule has 7 rings (SSSR count). The summed E-state index contributed by atoms with van der Waals surface area (Å²) in [7, 11) is 0. The van der Waals surface area contributed by atoms with Crippen molar-refractivity contribution in [1.82, 2.24) is 20.2 Å². The van der Waals surface area contributed by atoms with Crippen LogP contribution in [0.15, 0.2) is 54.6 Å². The minimum Gasteiger partial charge on any atom is -0.358 e. The molecule has 0 bridgehead atoms. The molecular formula is C38H49N5O3. The number of ether oxygens (including phenoxy) is 3. The van der Waals surface area contributed by atoms with Gasteiger partial charge in [0, 0.05) is 49.8 Å². The zero-order chi connectivity index (χ0) is 31.4. The van der Waals surface area contributed by atoms with Gasteiger partial charge in [0.05, 0.1) is 30.5 Å². The Balaban J connectivity index is 1.17. The number of nitrogens with one attached hydrogen (secondary N) is 1. The molecule has 46 heavy (non-hydrogen) atoms. The molecule has 3 saturated heterocycles. The lowest BCUT2D eigenvalue weighted by Crippen LogP contribution is -2.55. The van der Waals surface area contributed by atoms with Gasteiger partial charge in [-0.3, -0.25) is 0 Å². The minimum atomic E-state index is -0.882. The van der Waals surface area contributed by atoms with Crippen LogP contribution < -0.4 is 10.2 Å². The van der Waals surface area contributed by atoms with Crippen molar-refractivity contribution < 1.29 is 14.2 Å². The van der Waals surface area contributed by atoms with Gasteiger partial charge in [0.1, 0.15) is 0 Å². The summed E-state index contributed by atoms with van der Waals surface area (Å²) >= 11 is 0. The van der Waals surface area contributed by atoms with Crippen LogP contribution in [0.25, 0.3) is 10.9 Å². The Kier molecular flexibility index (Phi) is 9.58. The number of fused-ring (bicyclic) bond motifs is 1. The van der Waals surface area contributed by atoms with E-state index < -0.39 is 5.60 Å². The predicted octanol–water partition coefficient (Wildman–Crippen LogP) is 5.64. The van der Waals surface area contributed by atoms with E-state index in [-0.39, 0.29) is 17.9 Å². The van der Waals surface area contributed by atoms with Crippen LogP contribution in [-0.2, 0) is 19.8 Å². The molecule has 1 N–H and O–H groups in total. The Hall–Kier alpha value is -3.06. The molecule has 0 amide bonds. The van der Waals surface area contributed by atoms with Gasteiger partial charge in [0.2, 0.25) is 5.95 Å². The lowest BCUT2D eigenvalue weighted by molar-refractivity contribution is -0.197. The van der Waals surface area contributed by atoms with Gasteiger partial charge >= 0.3 is 0 Å². The molecule has 4 aliphatic rings. The number of likely N-dealkylation sites (tertiary alicyclic amines) is 1. The average Bonchev–Trinajstić information content (AvgIpc) is 3.94. The van der Waals surface area contributed by atoms with Crippen molar-refractivity contribution >= 4 is 16.9 Å². The van der Waals surface area contributed by atoms with Crippen LogP contribution in [0.3, 0.4) is 0 Å². The fraction of sp³-hybridized carbons (Fsp3) is 0.579. The molecule has 244 valence electrons. The molecule has 2 aromatic carbocycles. The van der Waals surface area contributed by atoms with Crippen LogP contribution in [0.5, 0.6) is 0 Å². The first-order valence-electron chi connectivity index (χ1n) is 17.5. The number of hydrogen-bond donors (Lipinski definition) is 1. The van der Waals surface area contributed by atoms with E-state index in [0.29, 0.717) is 19.2 Å². The maximum Gasteiger partial charge on any atom is 0.226 e. The van der Waals surface area contributed by atoms with Crippen molar-refractivity contribution in [3.05, 3.63) is 65.9 Å². The van der Waals surface area contributed by atoms with Crippen LogP contribution in [0.1, 0.15) is 76.0 Å². The standard InChI is InChI=1S/C38H49N5O3/c1-3-22-39-37(2)20-25-42(26-21-37)30-18-23-43(24-19-30)36-40-33-14-8-7-13-32(33)35(41-36)38(46-31-16-17-31,29-11-5-4-6-12-29)28-45-34-15-9-10-27-44-34/h1,4-8,11-14,30-31,34,39H,9-10,15-28H2,2H3/t34?,38-/m1/s1. The second-order valence-electron chi connectivity index (χ2n) is 13.9. The minimum absolute atomic E-state index is 0.138. The Morgan fingerprint density at radius 3 is 2.43 bits per heavy atom. The van der Waals surface area contributed by atoms with Gasteiger partial charge in [-0.2, -0.15) is 0 Å². The zero-order valence-electron chi connectivity index (χ0n) is 27.3. The molecule has 8 nitrogen and oxygen atoms in total. The van der Waals surface area contributed by atoms with Crippen molar-refractivity contribution in [2.24, 2.45) is 0 Å². The number of nitrogens with zero attached hydrogens (tertiary/aromatic N) is 4. The number of aromatic nitrogens is 2. The number of anilines is 1. The predicted molar refractivity (Wildman–Crippen MR) is 182 cm³/mol. The van der Waals surface area contributed by atoms with E-state index in [1.807, 2.05) is 0 Å². The number of para-hydroxylation sites is 1. The molecule has 1 unspecified atom stereocenters. The highest BCUT2D eigenvalue weighted by atomic mass is 16.7. The topological polar surface area (TPSA) is 72.0 Å². The third-order valence-electron chi connectivity index (χ3n) is 10.5.